The summed E-state index contributed by atoms with van der Waals surface area (Å²) < 4.78 is 27.3. The molecule has 2 aromatic rings. The fourth-order valence-electron chi connectivity index (χ4n) is 2.89. The molecule has 3 rings (SSSR count). The van der Waals surface area contributed by atoms with E-state index in [0.717, 1.165) is 4.90 Å². The van der Waals surface area contributed by atoms with Crippen LogP contribution in [-0.4, -0.2) is 42.5 Å². The standard InChI is InChI=1S/C17H17ClN2O5S/c18-13-10-14(11-4-1-2-5-12(11)17(13)23)19-26(24,25)9-8-20-15(21)6-3-7-16(20)22/h1-2,4-5,10,19,23H,3,6-9H2. The van der Waals surface area contributed by atoms with Gasteiger partial charge in [-0.1, -0.05) is 35.9 Å². The highest BCUT2D eigenvalue weighted by molar-refractivity contribution is 7.92. The number of phenolic OH excluding ortho intramolecular Hbond substituents is 1. The van der Waals surface area contributed by atoms with E-state index in [1.807, 2.05) is 0 Å². The number of rotatable bonds is 5. The second-order valence-electron chi connectivity index (χ2n) is 6.01. The van der Waals surface area contributed by atoms with Gasteiger partial charge in [0.2, 0.25) is 21.8 Å². The molecule has 2 N–H and O–H groups in total. The van der Waals surface area contributed by atoms with Gasteiger partial charge in [0.15, 0.2) is 0 Å². The number of fused-ring (bicyclic) bond motifs is 1. The number of sulfonamides is 1. The molecule has 2 amide bonds. The summed E-state index contributed by atoms with van der Waals surface area (Å²) in [5, 5.41) is 10.9. The number of halogens is 1. The Kier molecular flexibility index (Phi) is 5.06. The smallest absolute Gasteiger partial charge is 0.234 e. The number of hydrogen-bond donors (Lipinski definition) is 2. The van der Waals surface area contributed by atoms with E-state index in [9.17, 15) is 23.1 Å². The number of nitrogens with zero attached hydrogens (tertiary/aromatic N) is 1. The zero-order valence-corrected chi connectivity index (χ0v) is 15.3. The average Bonchev–Trinajstić information content (AvgIpc) is 2.59. The molecule has 0 bridgehead atoms. The molecule has 1 saturated heterocycles. The monoisotopic (exact) mass is 396 g/mol. The molecule has 26 heavy (non-hydrogen) atoms. The second-order valence-corrected chi connectivity index (χ2v) is 8.26. The number of nitrogens with one attached hydrogen (secondary N) is 1. The van der Waals surface area contributed by atoms with Gasteiger partial charge in [-0.05, 0) is 12.5 Å². The number of phenols is 1. The van der Waals surface area contributed by atoms with Gasteiger partial charge in [0.05, 0.1) is 16.5 Å². The summed E-state index contributed by atoms with van der Waals surface area (Å²) in [4.78, 5) is 24.6. The van der Waals surface area contributed by atoms with E-state index in [1.165, 1.54) is 6.07 Å². The molecule has 1 aliphatic rings. The first-order chi connectivity index (χ1) is 12.3. The largest absolute Gasteiger partial charge is 0.506 e. The highest BCUT2D eigenvalue weighted by Gasteiger charge is 2.27. The number of hydrogen-bond acceptors (Lipinski definition) is 5. The molecule has 1 aliphatic heterocycles. The lowest BCUT2D eigenvalue weighted by atomic mass is 10.1. The van der Waals surface area contributed by atoms with Crippen molar-refractivity contribution in [1.29, 1.82) is 0 Å². The molecule has 2 aromatic carbocycles. The van der Waals surface area contributed by atoms with Gasteiger partial charge in [0, 0.05) is 30.2 Å². The molecule has 0 aliphatic carbocycles. The first-order valence-corrected chi connectivity index (χ1v) is 10.1. The van der Waals surface area contributed by atoms with Crippen LogP contribution in [0.25, 0.3) is 10.8 Å². The Morgan fingerprint density at radius 2 is 1.73 bits per heavy atom. The zero-order valence-electron chi connectivity index (χ0n) is 13.7. The van der Waals surface area contributed by atoms with Crippen LogP contribution in [0.5, 0.6) is 5.75 Å². The van der Waals surface area contributed by atoms with Crippen LogP contribution in [0.15, 0.2) is 30.3 Å². The highest BCUT2D eigenvalue weighted by atomic mass is 35.5. The minimum absolute atomic E-state index is 0.0165. The van der Waals surface area contributed by atoms with Crippen molar-refractivity contribution in [2.75, 3.05) is 17.0 Å². The number of anilines is 1. The molecule has 0 radical (unpaired) electrons. The van der Waals surface area contributed by atoms with Crippen molar-refractivity contribution in [3.63, 3.8) is 0 Å². The molecular formula is C17H17ClN2O5S. The van der Waals surface area contributed by atoms with Gasteiger partial charge in [-0.2, -0.15) is 0 Å². The molecule has 0 unspecified atom stereocenters. The summed E-state index contributed by atoms with van der Waals surface area (Å²) in [6.07, 6.45) is 0.992. The van der Waals surface area contributed by atoms with Crippen LogP contribution in [0, 0.1) is 0 Å². The van der Waals surface area contributed by atoms with E-state index in [0.29, 0.717) is 17.2 Å². The SMILES string of the molecule is O=C1CCCC(=O)N1CCS(=O)(=O)Nc1cc(Cl)c(O)c2ccccc12. The first kappa shape index (κ1) is 18.5. The van der Waals surface area contributed by atoms with Crippen molar-refractivity contribution in [3.8, 4) is 5.75 Å². The normalized spacial score (nSPS) is 15.5. The van der Waals surface area contributed by atoms with Crippen molar-refractivity contribution in [2.45, 2.75) is 19.3 Å². The number of aromatic hydroxyl groups is 1. The topological polar surface area (TPSA) is 104 Å². The zero-order chi connectivity index (χ0) is 18.9. The van der Waals surface area contributed by atoms with Crippen LogP contribution in [0.3, 0.4) is 0 Å². The lowest BCUT2D eigenvalue weighted by molar-refractivity contribution is -0.147. The Morgan fingerprint density at radius 3 is 2.38 bits per heavy atom. The van der Waals surface area contributed by atoms with Crippen LogP contribution in [0.4, 0.5) is 5.69 Å². The second kappa shape index (κ2) is 7.13. The summed E-state index contributed by atoms with van der Waals surface area (Å²) in [6, 6.07) is 8.01. The maximum atomic E-state index is 12.4. The fourth-order valence-corrected chi connectivity index (χ4v) is 4.13. The molecule has 138 valence electrons. The number of amides is 2. The lowest BCUT2D eigenvalue weighted by Gasteiger charge is -2.24. The Bertz CT molecular complexity index is 974. The van der Waals surface area contributed by atoms with Crippen LogP contribution < -0.4 is 4.72 Å². The number of imide groups is 1. The quantitative estimate of drug-likeness (QED) is 0.596. The third-order valence-electron chi connectivity index (χ3n) is 4.20. The van der Waals surface area contributed by atoms with Gasteiger partial charge >= 0.3 is 0 Å². The van der Waals surface area contributed by atoms with E-state index in [1.54, 1.807) is 24.3 Å². The molecular weight excluding hydrogens is 380 g/mol. The van der Waals surface area contributed by atoms with Crippen molar-refractivity contribution < 1.29 is 23.1 Å². The van der Waals surface area contributed by atoms with Gasteiger partial charge in [0.25, 0.3) is 0 Å². The molecule has 9 heteroatoms. The fraction of sp³-hybridized carbons (Fsp3) is 0.294. The van der Waals surface area contributed by atoms with Crippen molar-refractivity contribution in [1.82, 2.24) is 4.90 Å². The number of likely N-dealkylation sites (tertiary alicyclic amines) is 1. The van der Waals surface area contributed by atoms with E-state index >= 15 is 0 Å². The number of carbonyl (C=O) groups excluding carboxylic acids is 2. The Labute approximate surface area is 155 Å². The van der Waals surface area contributed by atoms with Gasteiger partial charge in [-0.25, -0.2) is 8.42 Å². The van der Waals surface area contributed by atoms with Crippen molar-refractivity contribution in [2.24, 2.45) is 0 Å². The van der Waals surface area contributed by atoms with Gasteiger partial charge in [0.1, 0.15) is 5.75 Å². The number of benzene rings is 2. The number of carbonyl (C=O) groups is 2. The molecule has 1 fully saturated rings. The molecule has 0 spiro atoms. The summed E-state index contributed by atoms with van der Waals surface area (Å²) in [6.45, 7) is -0.198. The lowest BCUT2D eigenvalue weighted by Crippen LogP contribution is -2.43. The Morgan fingerprint density at radius 1 is 1.12 bits per heavy atom. The Hall–Kier alpha value is -2.32. The van der Waals surface area contributed by atoms with E-state index in [4.69, 9.17) is 11.6 Å². The van der Waals surface area contributed by atoms with Crippen LogP contribution >= 0.6 is 11.6 Å². The summed E-state index contributed by atoms with van der Waals surface area (Å²) in [5.41, 5.74) is 0.222. The third-order valence-corrected chi connectivity index (χ3v) is 5.74. The van der Waals surface area contributed by atoms with E-state index < -0.39 is 15.8 Å². The maximum Gasteiger partial charge on any atom is 0.234 e. The summed E-state index contributed by atoms with van der Waals surface area (Å²) in [7, 11) is -3.84. The highest BCUT2D eigenvalue weighted by Crippen LogP contribution is 2.37. The van der Waals surface area contributed by atoms with Crippen molar-refractivity contribution in [3.05, 3.63) is 35.4 Å². The van der Waals surface area contributed by atoms with Crippen LogP contribution in [-0.2, 0) is 19.6 Å². The Balaban J connectivity index is 1.82. The van der Waals surface area contributed by atoms with E-state index in [2.05, 4.69) is 4.72 Å². The predicted molar refractivity (Wildman–Crippen MR) is 98.6 cm³/mol. The maximum absolute atomic E-state index is 12.4. The van der Waals surface area contributed by atoms with Gasteiger partial charge in [-0.3, -0.25) is 19.2 Å². The van der Waals surface area contributed by atoms with Crippen LogP contribution in [0.2, 0.25) is 5.02 Å². The third kappa shape index (κ3) is 3.76. The predicted octanol–water partition coefficient (Wildman–Crippen LogP) is 2.48. The first-order valence-electron chi connectivity index (χ1n) is 8.02. The van der Waals surface area contributed by atoms with Crippen molar-refractivity contribution >= 4 is 49.9 Å². The minimum Gasteiger partial charge on any atom is -0.506 e. The van der Waals surface area contributed by atoms with Crippen LogP contribution in [0.1, 0.15) is 19.3 Å². The molecule has 7 nitrogen and oxygen atoms in total. The van der Waals surface area contributed by atoms with E-state index in [-0.39, 0.29) is 47.7 Å². The molecule has 0 aromatic heterocycles. The molecule has 0 saturated carbocycles. The summed E-state index contributed by atoms with van der Waals surface area (Å²) >= 11 is 5.98. The van der Waals surface area contributed by atoms with Gasteiger partial charge in [-0.15, -0.1) is 0 Å². The minimum atomic E-state index is -3.84. The average molecular weight is 397 g/mol. The number of piperidine rings is 1. The molecule has 1 heterocycles. The molecule has 0 atom stereocenters. The van der Waals surface area contributed by atoms with Gasteiger partial charge < -0.3 is 5.11 Å². The summed E-state index contributed by atoms with van der Waals surface area (Å²) in [5.74, 6) is -1.25.